The molecule has 3 rings (SSSR count). The molecule has 1 fully saturated rings. The van der Waals surface area contributed by atoms with E-state index in [-0.39, 0.29) is 29.1 Å². The Morgan fingerprint density at radius 1 is 0.967 bits per heavy atom. The van der Waals surface area contributed by atoms with Crippen LogP contribution in [0.25, 0.3) is 11.1 Å². The monoisotopic (exact) mass is 422 g/mol. The lowest BCUT2D eigenvalue weighted by Gasteiger charge is -2.29. The number of benzene rings is 2. The fourth-order valence-electron chi connectivity index (χ4n) is 3.54. The number of halogens is 3. The Balaban J connectivity index is 1.72. The minimum atomic E-state index is -1.05. The fourth-order valence-corrected chi connectivity index (χ4v) is 3.54. The summed E-state index contributed by atoms with van der Waals surface area (Å²) in [7, 11) is 0. The zero-order valence-electron chi connectivity index (χ0n) is 17.6. The van der Waals surface area contributed by atoms with Crippen molar-refractivity contribution in [2.45, 2.75) is 58.2 Å². The Morgan fingerprint density at radius 3 is 2.47 bits per heavy atom. The topological polar surface area (TPSA) is 27.7 Å². The molecule has 2 aromatic carbocycles. The minimum Gasteiger partial charge on any atom is -0.490 e. The molecule has 0 aliphatic carbocycles. The van der Waals surface area contributed by atoms with Crippen LogP contribution in [0.3, 0.4) is 0 Å². The number of ether oxygens (including phenoxy) is 3. The highest BCUT2D eigenvalue weighted by Crippen LogP contribution is 2.35. The van der Waals surface area contributed by atoms with Crippen LogP contribution in [-0.4, -0.2) is 25.9 Å². The van der Waals surface area contributed by atoms with Crippen molar-refractivity contribution in [2.75, 3.05) is 19.8 Å². The summed E-state index contributed by atoms with van der Waals surface area (Å²) in [6.45, 7) is 5.46. The normalized spacial score (nSPS) is 19.1. The van der Waals surface area contributed by atoms with Gasteiger partial charge in [-0.2, -0.15) is 4.39 Å². The molecule has 0 bridgehead atoms. The lowest BCUT2D eigenvalue weighted by molar-refractivity contribution is -0.0874. The second kappa shape index (κ2) is 10.8. The Labute approximate surface area is 176 Å². The smallest absolute Gasteiger partial charge is 0.201 e. The van der Waals surface area contributed by atoms with Crippen LogP contribution in [0.1, 0.15) is 57.6 Å². The van der Waals surface area contributed by atoms with E-state index in [1.807, 2.05) is 13.8 Å². The molecule has 3 nitrogen and oxygen atoms in total. The predicted octanol–water partition coefficient (Wildman–Crippen LogP) is 6.60. The number of hydrogen-bond donors (Lipinski definition) is 0. The summed E-state index contributed by atoms with van der Waals surface area (Å²) in [5.41, 5.74) is 0.694. The molecule has 0 radical (unpaired) electrons. The summed E-state index contributed by atoms with van der Waals surface area (Å²) in [6, 6.07) is 7.22. The number of unbranched alkanes of at least 4 members (excludes halogenated alkanes) is 1. The summed E-state index contributed by atoms with van der Waals surface area (Å²) in [4.78, 5) is 0. The molecule has 1 aliphatic heterocycles. The van der Waals surface area contributed by atoms with Gasteiger partial charge in [-0.1, -0.05) is 32.4 Å². The van der Waals surface area contributed by atoms with Crippen LogP contribution in [0.5, 0.6) is 5.75 Å². The molecule has 1 aliphatic rings. The highest BCUT2D eigenvalue weighted by molar-refractivity contribution is 5.66. The SMILES string of the molecule is CCCCOc1ccc(-c2ccc(C3CCC(OCCC)CO3)c(F)c2)c(F)c1F. The van der Waals surface area contributed by atoms with Crippen molar-refractivity contribution in [3.63, 3.8) is 0 Å². The molecule has 0 amide bonds. The molecule has 0 saturated carbocycles. The van der Waals surface area contributed by atoms with Gasteiger partial charge in [0.1, 0.15) is 5.82 Å². The molecule has 30 heavy (non-hydrogen) atoms. The van der Waals surface area contributed by atoms with Gasteiger partial charge in [0.15, 0.2) is 11.6 Å². The van der Waals surface area contributed by atoms with Gasteiger partial charge in [0.2, 0.25) is 5.82 Å². The molecule has 1 heterocycles. The van der Waals surface area contributed by atoms with Crippen molar-refractivity contribution in [3.8, 4) is 16.9 Å². The van der Waals surface area contributed by atoms with Gasteiger partial charge in [0.25, 0.3) is 0 Å². The van der Waals surface area contributed by atoms with E-state index in [9.17, 15) is 13.2 Å². The van der Waals surface area contributed by atoms with Gasteiger partial charge >= 0.3 is 0 Å². The number of rotatable bonds is 9. The summed E-state index contributed by atoms with van der Waals surface area (Å²) >= 11 is 0. The largest absolute Gasteiger partial charge is 0.490 e. The van der Waals surface area contributed by atoms with Gasteiger partial charge in [-0.15, -0.1) is 0 Å². The van der Waals surface area contributed by atoms with E-state index in [1.54, 1.807) is 12.1 Å². The molecular weight excluding hydrogens is 393 g/mol. The predicted molar refractivity (Wildman–Crippen MR) is 110 cm³/mol. The average molecular weight is 422 g/mol. The van der Waals surface area contributed by atoms with Gasteiger partial charge in [0, 0.05) is 17.7 Å². The summed E-state index contributed by atoms with van der Waals surface area (Å²) in [5, 5.41) is 0. The van der Waals surface area contributed by atoms with E-state index in [0.717, 1.165) is 25.7 Å². The third kappa shape index (κ3) is 5.35. The van der Waals surface area contributed by atoms with Crippen molar-refractivity contribution < 1.29 is 27.4 Å². The van der Waals surface area contributed by atoms with Gasteiger partial charge in [-0.3, -0.25) is 0 Å². The maximum atomic E-state index is 14.8. The van der Waals surface area contributed by atoms with Gasteiger partial charge < -0.3 is 14.2 Å². The highest BCUT2D eigenvalue weighted by atomic mass is 19.2. The Morgan fingerprint density at radius 2 is 1.80 bits per heavy atom. The molecule has 2 atom stereocenters. The average Bonchev–Trinajstić information content (AvgIpc) is 2.76. The van der Waals surface area contributed by atoms with Crippen LogP contribution in [0.2, 0.25) is 0 Å². The van der Waals surface area contributed by atoms with Gasteiger partial charge in [-0.25, -0.2) is 8.78 Å². The molecule has 2 unspecified atom stereocenters. The fraction of sp³-hybridized carbons (Fsp3) is 0.500. The first-order valence-corrected chi connectivity index (χ1v) is 10.7. The minimum absolute atomic E-state index is 0.00150. The van der Waals surface area contributed by atoms with Crippen molar-refractivity contribution in [1.29, 1.82) is 0 Å². The zero-order valence-corrected chi connectivity index (χ0v) is 17.6. The van der Waals surface area contributed by atoms with E-state index >= 15 is 0 Å². The van der Waals surface area contributed by atoms with E-state index in [0.29, 0.717) is 31.8 Å². The Kier molecular flexibility index (Phi) is 8.16. The molecule has 0 aromatic heterocycles. The van der Waals surface area contributed by atoms with Crippen LogP contribution in [-0.2, 0) is 9.47 Å². The summed E-state index contributed by atoms with van der Waals surface area (Å²) < 4.78 is 60.5. The lowest BCUT2D eigenvalue weighted by atomic mass is 9.96. The van der Waals surface area contributed by atoms with E-state index in [4.69, 9.17) is 14.2 Å². The first kappa shape index (κ1) is 22.6. The zero-order chi connectivity index (χ0) is 21.5. The van der Waals surface area contributed by atoms with E-state index in [2.05, 4.69) is 0 Å². The standard InChI is InChI=1S/C24H29F3O3/c1-3-5-13-29-22-11-9-18(23(26)24(22)27)16-6-8-19(20(25)14-16)21-10-7-17(15-30-21)28-12-4-2/h6,8-9,11,14,17,21H,3-5,7,10,12-13,15H2,1-2H3. The van der Waals surface area contributed by atoms with Crippen molar-refractivity contribution in [1.82, 2.24) is 0 Å². The van der Waals surface area contributed by atoms with E-state index < -0.39 is 17.5 Å². The van der Waals surface area contributed by atoms with Crippen LogP contribution >= 0.6 is 0 Å². The van der Waals surface area contributed by atoms with Crippen LogP contribution in [0.15, 0.2) is 30.3 Å². The van der Waals surface area contributed by atoms with Gasteiger partial charge in [-0.05, 0) is 49.4 Å². The molecule has 2 aromatic rings. The number of hydrogen-bond acceptors (Lipinski definition) is 3. The third-order valence-electron chi connectivity index (χ3n) is 5.25. The summed E-state index contributed by atoms with van der Waals surface area (Å²) in [5.74, 6) is -2.71. The molecular formula is C24H29F3O3. The third-order valence-corrected chi connectivity index (χ3v) is 5.25. The molecule has 6 heteroatoms. The quantitative estimate of drug-likeness (QED) is 0.426. The van der Waals surface area contributed by atoms with Crippen LogP contribution in [0.4, 0.5) is 13.2 Å². The van der Waals surface area contributed by atoms with Crippen molar-refractivity contribution in [2.24, 2.45) is 0 Å². The maximum absolute atomic E-state index is 14.8. The second-order valence-corrected chi connectivity index (χ2v) is 7.57. The molecule has 164 valence electrons. The summed E-state index contributed by atoms with van der Waals surface area (Å²) in [6.07, 6.45) is 3.71. The van der Waals surface area contributed by atoms with E-state index in [1.165, 1.54) is 18.2 Å². The van der Waals surface area contributed by atoms with Crippen LogP contribution in [0, 0.1) is 17.5 Å². The second-order valence-electron chi connectivity index (χ2n) is 7.57. The Bertz CT molecular complexity index is 833. The molecule has 1 saturated heterocycles. The lowest BCUT2D eigenvalue weighted by Crippen LogP contribution is -2.28. The van der Waals surface area contributed by atoms with Crippen LogP contribution < -0.4 is 4.74 Å². The van der Waals surface area contributed by atoms with Gasteiger partial charge in [0.05, 0.1) is 25.4 Å². The first-order chi connectivity index (χ1) is 14.5. The highest BCUT2D eigenvalue weighted by Gasteiger charge is 2.26. The molecule has 0 N–H and O–H groups in total. The van der Waals surface area contributed by atoms with Crippen molar-refractivity contribution in [3.05, 3.63) is 53.3 Å². The van der Waals surface area contributed by atoms with Crippen molar-refractivity contribution >= 4 is 0 Å². The molecule has 0 spiro atoms. The maximum Gasteiger partial charge on any atom is 0.201 e. The Hall–Kier alpha value is -2.05. The first-order valence-electron chi connectivity index (χ1n) is 10.7.